The summed E-state index contributed by atoms with van der Waals surface area (Å²) in [4.78, 5) is 81.6. The lowest BCUT2D eigenvalue weighted by Gasteiger charge is -2.38. The summed E-state index contributed by atoms with van der Waals surface area (Å²) in [6, 6.07) is 18.9. The van der Waals surface area contributed by atoms with Gasteiger partial charge in [0, 0.05) is 33.4 Å². The van der Waals surface area contributed by atoms with Crippen molar-refractivity contribution in [1.82, 2.24) is 0 Å². The molecule has 0 heterocycles. The molecule has 0 radical (unpaired) electrons. The van der Waals surface area contributed by atoms with E-state index in [1.54, 1.807) is 48.5 Å². The summed E-state index contributed by atoms with van der Waals surface area (Å²) in [5, 5.41) is 0. The number of fused-ring (bicyclic) bond motifs is 3. The molecule has 0 unspecified atom stereocenters. The lowest BCUT2D eigenvalue weighted by molar-refractivity contribution is -0.133. The monoisotopic (exact) mass is 822 g/mol. The summed E-state index contributed by atoms with van der Waals surface area (Å²) in [5.74, 6) is -7.98. The molecular formula is C49H42O12. The van der Waals surface area contributed by atoms with Crippen molar-refractivity contribution in [2.45, 2.75) is 47.0 Å². The van der Waals surface area contributed by atoms with Crippen molar-refractivity contribution in [3.05, 3.63) is 168 Å². The van der Waals surface area contributed by atoms with Crippen molar-refractivity contribution >= 4 is 35.8 Å². The Labute approximate surface area is 352 Å². The molecule has 1 aliphatic rings. The van der Waals surface area contributed by atoms with Gasteiger partial charge in [-0.15, -0.1) is 0 Å². The fourth-order valence-electron chi connectivity index (χ4n) is 6.34. The molecule has 0 saturated heterocycles. The Bertz CT molecular complexity index is 2490. The minimum absolute atomic E-state index is 0.0298. The van der Waals surface area contributed by atoms with E-state index in [1.165, 1.54) is 65.8 Å². The maximum atomic E-state index is 13.8. The third kappa shape index (κ3) is 8.51. The first kappa shape index (κ1) is 44.2. The van der Waals surface area contributed by atoms with Gasteiger partial charge < -0.3 is 28.4 Å². The summed E-state index contributed by atoms with van der Waals surface area (Å²) < 4.78 is 36.1. The second-order valence-electron chi connectivity index (χ2n) is 14.4. The summed E-state index contributed by atoms with van der Waals surface area (Å²) in [5.41, 5.74) is -1.08. The van der Waals surface area contributed by atoms with Crippen LogP contribution in [0.25, 0.3) is 11.1 Å². The maximum absolute atomic E-state index is 13.8. The second kappa shape index (κ2) is 17.6. The zero-order valence-corrected chi connectivity index (χ0v) is 34.6. The first-order valence-corrected chi connectivity index (χ1v) is 18.5. The number of carbonyl (C=O) groups is 6. The van der Waals surface area contributed by atoms with Crippen LogP contribution < -0.4 is 28.4 Å². The zero-order valence-electron chi connectivity index (χ0n) is 34.6. The number of rotatable bonds is 14. The molecule has 0 amide bonds. The van der Waals surface area contributed by atoms with Crippen LogP contribution in [0, 0.1) is 0 Å². The number of hydrogen-bond donors (Lipinski definition) is 0. The van der Waals surface area contributed by atoms with E-state index >= 15 is 0 Å². The number of benzene rings is 4. The molecule has 12 nitrogen and oxygen atoms in total. The van der Waals surface area contributed by atoms with Gasteiger partial charge in [-0.1, -0.05) is 88.0 Å². The number of ether oxygens (including phenoxy) is 6. The molecule has 1 aliphatic carbocycles. The highest BCUT2D eigenvalue weighted by Gasteiger charge is 2.55. The van der Waals surface area contributed by atoms with E-state index in [0.717, 1.165) is 0 Å². The lowest BCUT2D eigenvalue weighted by atomic mass is 9.66. The molecule has 0 saturated carbocycles. The summed E-state index contributed by atoms with van der Waals surface area (Å²) in [6.07, 6.45) is 0. The van der Waals surface area contributed by atoms with Crippen molar-refractivity contribution in [3.8, 4) is 45.6 Å². The van der Waals surface area contributed by atoms with Gasteiger partial charge in [0.15, 0.2) is 23.0 Å². The van der Waals surface area contributed by atoms with Crippen LogP contribution in [0.5, 0.6) is 34.5 Å². The molecule has 0 atom stereocenters. The van der Waals surface area contributed by atoms with E-state index < -0.39 is 52.7 Å². The Morgan fingerprint density at radius 2 is 0.607 bits per heavy atom. The SMILES string of the molecule is C=C(C)C(=O)Oc1ccc(OC(=O)C(=C)C)c(C2(c3c(OC(=O)C(=C)C)ccc(OC(=O)C(=C)C)c3OC(=O)C(=C)C)c3ccccc3-c3ccccc32)c1OC(=O)C(=C)C. The van der Waals surface area contributed by atoms with Crippen LogP contribution in [0.2, 0.25) is 0 Å². The predicted octanol–water partition coefficient (Wildman–Crippen LogP) is 8.94. The van der Waals surface area contributed by atoms with Gasteiger partial charge in [0.05, 0.1) is 16.5 Å². The lowest BCUT2D eigenvalue weighted by Crippen LogP contribution is -2.33. The van der Waals surface area contributed by atoms with Gasteiger partial charge in [0.1, 0.15) is 11.5 Å². The van der Waals surface area contributed by atoms with Crippen LogP contribution in [0.4, 0.5) is 0 Å². The van der Waals surface area contributed by atoms with Gasteiger partial charge in [0.25, 0.3) is 0 Å². The topological polar surface area (TPSA) is 158 Å². The molecule has 0 aliphatic heterocycles. The minimum atomic E-state index is -2.12. The average Bonchev–Trinajstić information content (AvgIpc) is 3.49. The quantitative estimate of drug-likeness (QED) is 0.0596. The molecule has 0 bridgehead atoms. The predicted molar refractivity (Wildman–Crippen MR) is 226 cm³/mol. The summed E-state index contributed by atoms with van der Waals surface area (Å²) >= 11 is 0. The molecule has 0 aromatic heterocycles. The van der Waals surface area contributed by atoms with Gasteiger partial charge >= 0.3 is 35.8 Å². The number of esters is 6. The highest BCUT2D eigenvalue weighted by Crippen LogP contribution is 2.65. The van der Waals surface area contributed by atoms with E-state index in [9.17, 15) is 28.8 Å². The van der Waals surface area contributed by atoms with Crippen molar-refractivity contribution in [2.75, 3.05) is 0 Å². The molecule has 61 heavy (non-hydrogen) atoms. The third-order valence-electron chi connectivity index (χ3n) is 9.16. The highest BCUT2D eigenvalue weighted by atomic mass is 16.6. The third-order valence-corrected chi connectivity index (χ3v) is 9.16. The highest BCUT2D eigenvalue weighted by molar-refractivity contribution is 5.98. The largest absolute Gasteiger partial charge is 0.423 e. The van der Waals surface area contributed by atoms with Crippen molar-refractivity contribution < 1.29 is 57.2 Å². The average molecular weight is 823 g/mol. The Kier molecular flexibility index (Phi) is 12.7. The van der Waals surface area contributed by atoms with Crippen molar-refractivity contribution in [1.29, 1.82) is 0 Å². The molecule has 4 aromatic carbocycles. The second-order valence-corrected chi connectivity index (χ2v) is 14.4. The standard InChI is InChI=1S/C49H42O12/c1-25(2)43(50)56-35-21-23-37(58-45(52)27(5)6)41(60-47(54)29(9)10)39(35)49(33-19-15-13-17-31(33)32-18-14-16-20-34(32)49)40-36(57-44(51)26(3)4)22-24-38(59-46(53)28(7)8)42(40)61-48(55)30(11)12/h13-24H,1,3,5,7,9,11H2,2,4,6,8,10,12H3. The Hall–Kier alpha value is -7.86. The number of hydrogen-bond acceptors (Lipinski definition) is 12. The molecule has 310 valence electrons. The molecular weight excluding hydrogens is 781 g/mol. The van der Waals surface area contributed by atoms with Crippen LogP contribution in [0.15, 0.2) is 146 Å². The van der Waals surface area contributed by atoms with E-state index in [0.29, 0.717) is 22.3 Å². The van der Waals surface area contributed by atoms with Gasteiger partial charge in [-0.3, -0.25) is 0 Å². The van der Waals surface area contributed by atoms with Gasteiger partial charge in [-0.25, -0.2) is 28.8 Å². The van der Waals surface area contributed by atoms with Crippen LogP contribution in [0.1, 0.15) is 63.8 Å². The Balaban J connectivity index is 2.22. The van der Waals surface area contributed by atoms with Gasteiger partial charge in [-0.05, 0) is 88.1 Å². The van der Waals surface area contributed by atoms with E-state index in [2.05, 4.69) is 39.5 Å². The van der Waals surface area contributed by atoms with Crippen LogP contribution in [-0.2, 0) is 34.2 Å². The Morgan fingerprint density at radius 1 is 0.361 bits per heavy atom. The molecule has 5 rings (SSSR count). The van der Waals surface area contributed by atoms with Gasteiger partial charge in [-0.2, -0.15) is 0 Å². The molecule has 0 N–H and O–H groups in total. The fourth-order valence-corrected chi connectivity index (χ4v) is 6.34. The number of carbonyl (C=O) groups excluding carboxylic acids is 6. The van der Waals surface area contributed by atoms with Crippen LogP contribution >= 0.6 is 0 Å². The van der Waals surface area contributed by atoms with E-state index in [1.807, 2.05) is 0 Å². The van der Waals surface area contributed by atoms with Crippen LogP contribution in [0.3, 0.4) is 0 Å². The first-order valence-electron chi connectivity index (χ1n) is 18.5. The van der Waals surface area contributed by atoms with Gasteiger partial charge in [0.2, 0.25) is 0 Å². The smallest absolute Gasteiger partial charge is 0.338 e. The first-order chi connectivity index (χ1) is 28.7. The van der Waals surface area contributed by atoms with Crippen LogP contribution in [-0.4, -0.2) is 35.8 Å². The zero-order chi connectivity index (χ0) is 45.1. The summed E-state index contributed by atoms with van der Waals surface area (Å²) in [7, 11) is 0. The van der Waals surface area contributed by atoms with Crippen molar-refractivity contribution in [3.63, 3.8) is 0 Å². The van der Waals surface area contributed by atoms with E-state index in [4.69, 9.17) is 28.4 Å². The van der Waals surface area contributed by atoms with E-state index in [-0.39, 0.29) is 67.6 Å². The fraction of sp³-hybridized carbons (Fsp3) is 0.143. The molecule has 0 fully saturated rings. The maximum Gasteiger partial charge on any atom is 0.338 e. The molecule has 0 spiro atoms. The van der Waals surface area contributed by atoms with Crippen molar-refractivity contribution in [2.24, 2.45) is 0 Å². The molecule has 4 aromatic rings. The minimum Gasteiger partial charge on any atom is -0.423 e. The Morgan fingerprint density at radius 3 is 0.902 bits per heavy atom. The molecule has 12 heteroatoms. The summed E-state index contributed by atoms with van der Waals surface area (Å²) in [6.45, 7) is 30.7. The normalized spacial score (nSPS) is 11.7.